The smallest absolute Gasteiger partial charge is 0.258 e. The van der Waals surface area contributed by atoms with E-state index in [4.69, 9.17) is 0 Å². The molecule has 0 aliphatic carbocycles. The zero-order chi connectivity index (χ0) is 9.83. The fourth-order valence-electron chi connectivity index (χ4n) is 0.598. The Morgan fingerprint density at radius 2 is 1.83 bits per heavy atom. The fourth-order valence-corrected chi connectivity index (χ4v) is 1.79. The highest BCUT2D eigenvalue weighted by molar-refractivity contribution is 7.84. The van der Waals surface area contributed by atoms with Crippen LogP contribution < -0.4 is 4.72 Å². The summed E-state index contributed by atoms with van der Waals surface area (Å²) in [6.45, 7) is 7.37. The van der Waals surface area contributed by atoms with Gasteiger partial charge in [-0.05, 0) is 27.2 Å². The lowest BCUT2D eigenvalue weighted by Crippen LogP contribution is -2.41. The molecule has 0 aliphatic rings. The maximum Gasteiger partial charge on any atom is 0.336 e. The van der Waals surface area contributed by atoms with E-state index in [-0.39, 0.29) is 6.61 Å². The van der Waals surface area contributed by atoms with Gasteiger partial charge in [-0.1, -0.05) is 6.92 Å². The van der Waals surface area contributed by atoms with Crippen LogP contribution in [0.3, 0.4) is 0 Å². The van der Waals surface area contributed by atoms with E-state index in [1.165, 1.54) is 0 Å². The zero-order valence-corrected chi connectivity index (χ0v) is 8.86. The van der Waals surface area contributed by atoms with Gasteiger partial charge < -0.3 is 0 Å². The molecule has 0 amide bonds. The summed E-state index contributed by atoms with van der Waals surface area (Å²) in [5.41, 5.74) is -0.480. The third kappa shape index (κ3) is 6.57. The van der Waals surface area contributed by atoms with E-state index in [2.05, 4.69) is 8.91 Å². The second-order valence-electron chi connectivity index (χ2n) is 3.63. The van der Waals surface area contributed by atoms with E-state index in [9.17, 15) is 8.42 Å². The molecule has 0 saturated carbocycles. The Balaban J connectivity index is 4.06. The summed E-state index contributed by atoms with van der Waals surface area (Å²) in [6.07, 6.45) is 0.686. The van der Waals surface area contributed by atoms with Gasteiger partial charge in [-0.25, -0.2) is 0 Å². The molecule has 0 fully saturated rings. The van der Waals surface area contributed by atoms with Gasteiger partial charge >= 0.3 is 10.3 Å². The van der Waals surface area contributed by atoms with Crippen LogP contribution >= 0.6 is 0 Å². The molecular formula is C7H17NO3S. The van der Waals surface area contributed by atoms with Crippen LogP contribution in [0.25, 0.3) is 0 Å². The molecule has 0 aromatic carbocycles. The highest BCUT2D eigenvalue weighted by Crippen LogP contribution is 2.03. The Labute approximate surface area is 74.6 Å². The lowest BCUT2D eigenvalue weighted by Gasteiger charge is -2.19. The van der Waals surface area contributed by atoms with E-state index in [1.54, 1.807) is 20.8 Å². The van der Waals surface area contributed by atoms with Crippen molar-refractivity contribution >= 4 is 10.3 Å². The van der Waals surface area contributed by atoms with E-state index in [1.807, 2.05) is 6.92 Å². The van der Waals surface area contributed by atoms with Gasteiger partial charge in [0.2, 0.25) is 0 Å². The summed E-state index contributed by atoms with van der Waals surface area (Å²) >= 11 is 0. The van der Waals surface area contributed by atoms with Gasteiger partial charge in [0, 0.05) is 5.54 Å². The first-order chi connectivity index (χ1) is 5.27. The molecule has 74 valence electrons. The lowest BCUT2D eigenvalue weighted by atomic mass is 10.1. The molecule has 0 heterocycles. The Hall–Kier alpha value is -0.130. The van der Waals surface area contributed by atoms with Crippen LogP contribution in [0.5, 0.6) is 0 Å². The molecule has 0 aromatic rings. The van der Waals surface area contributed by atoms with E-state index in [0.29, 0.717) is 6.42 Å². The number of rotatable bonds is 4. The Morgan fingerprint density at radius 3 is 2.17 bits per heavy atom. The summed E-state index contributed by atoms with van der Waals surface area (Å²) in [5, 5.41) is 0. The quantitative estimate of drug-likeness (QED) is 0.729. The SMILES string of the molecule is CCCOS(=O)(=O)NC(C)(C)C. The molecule has 0 saturated heterocycles. The van der Waals surface area contributed by atoms with Crippen molar-refractivity contribution < 1.29 is 12.6 Å². The molecule has 0 rings (SSSR count). The predicted molar refractivity (Wildman–Crippen MR) is 48.1 cm³/mol. The summed E-state index contributed by atoms with van der Waals surface area (Å²) in [7, 11) is -3.55. The average molecular weight is 195 g/mol. The highest BCUT2D eigenvalue weighted by Gasteiger charge is 2.19. The lowest BCUT2D eigenvalue weighted by molar-refractivity contribution is 0.300. The first-order valence-corrected chi connectivity index (χ1v) is 5.36. The molecule has 0 atom stereocenters. The van der Waals surface area contributed by atoms with Gasteiger partial charge in [0.1, 0.15) is 0 Å². The number of hydrogen-bond donors (Lipinski definition) is 1. The van der Waals surface area contributed by atoms with E-state index >= 15 is 0 Å². The van der Waals surface area contributed by atoms with Crippen LogP contribution in [0.4, 0.5) is 0 Å². The van der Waals surface area contributed by atoms with Crippen molar-refractivity contribution in [1.82, 2.24) is 4.72 Å². The highest BCUT2D eigenvalue weighted by atomic mass is 32.2. The Morgan fingerprint density at radius 1 is 1.33 bits per heavy atom. The van der Waals surface area contributed by atoms with Gasteiger partial charge in [0.25, 0.3) is 0 Å². The first-order valence-electron chi connectivity index (χ1n) is 3.95. The second-order valence-corrected chi connectivity index (χ2v) is 4.98. The van der Waals surface area contributed by atoms with Crippen LogP contribution in [0.15, 0.2) is 0 Å². The minimum absolute atomic E-state index is 0.228. The fraction of sp³-hybridized carbons (Fsp3) is 1.00. The van der Waals surface area contributed by atoms with Crippen molar-refractivity contribution in [3.05, 3.63) is 0 Å². The van der Waals surface area contributed by atoms with Gasteiger partial charge in [-0.2, -0.15) is 13.1 Å². The van der Waals surface area contributed by atoms with Crippen molar-refractivity contribution in [3.8, 4) is 0 Å². The molecular weight excluding hydrogens is 178 g/mol. The van der Waals surface area contributed by atoms with Crippen LogP contribution in [0.1, 0.15) is 34.1 Å². The van der Waals surface area contributed by atoms with Crippen molar-refractivity contribution in [3.63, 3.8) is 0 Å². The summed E-state index contributed by atoms with van der Waals surface area (Å²) in [4.78, 5) is 0. The van der Waals surface area contributed by atoms with Crippen LogP contribution in [-0.2, 0) is 14.5 Å². The van der Waals surface area contributed by atoms with Crippen LogP contribution in [0.2, 0.25) is 0 Å². The maximum atomic E-state index is 11.1. The van der Waals surface area contributed by atoms with Gasteiger partial charge in [0.15, 0.2) is 0 Å². The standard InChI is InChI=1S/C7H17NO3S/c1-5-6-11-12(9,10)8-7(2,3)4/h8H,5-6H2,1-4H3. The molecule has 0 unspecified atom stereocenters. The molecule has 4 nitrogen and oxygen atoms in total. The Kier molecular flexibility index (Phi) is 4.16. The van der Waals surface area contributed by atoms with Crippen LogP contribution in [-0.4, -0.2) is 20.6 Å². The van der Waals surface area contributed by atoms with Crippen LogP contribution in [0, 0.1) is 0 Å². The van der Waals surface area contributed by atoms with E-state index < -0.39 is 15.8 Å². The Bertz CT molecular complexity index is 215. The molecule has 0 radical (unpaired) electrons. The molecule has 0 aromatic heterocycles. The molecule has 0 spiro atoms. The minimum Gasteiger partial charge on any atom is -0.258 e. The topological polar surface area (TPSA) is 55.4 Å². The van der Waals surface area contributed by atoms with Gasteiger partial charge in [-0.3, -0.25) is 4.18 Å². The van der Waals surface area contributed by atoms with Crippen molar-refractivity contribution in [2.45, 2.75) is 39.7 Å². The normalized spacial score (nSPS) is 13.3. The maximum absolute atomic E-state index is 11.1. The van der Waals surface area contributed by atoms with Gasteiger partial charge in [-0.15, -0.1) is 0 Å². The van der Waals surface area contributed by atoms with E-state index in [0.717, 1.165) is 0 Å². The molecule has 5 heteroatoms. The molecule has 0 bridgehead atoms. The minimum atomic E-state index is -3.55. The molecule has 0 aliphatic heterocycles. The summed E-state index contributed by atoms with van der Waals surface area (Å²) in [5.74, 6) is 0. The summed E-state index contributed by atoms with van der Waals surface area (Å²) in [6, 6.07) is 0. The van der Waals surface area contributed by atoms with Crippen molar-refractivity contribution in [1.29, 1.82) is 0 Å². The number of nitrogens with one attached hydrogen (secondary N) is 1. The third-order valence-corrected chi connectivity index (χ3v) is 2.21. The summed E-state index contributed by atoms with van der Waals surface area (Å²) < 4.78 is 29.1. The third-order valence-electron chi connectivity index (χ3n) is 0.874. The molecule has 1 N–H and O–H groups in total. The number of hydrogen-bond acceptors (Lipinski definition) is 3. The van der Waals surface area contributed by atoms with Gasteiger partial charge in [0.05, 0.1) is 6.61 Å². The monoisotopic (exact) mass is 195 g/mol. The van der Waals surface area contributed by atoms with Crippen molar-refractivity contribution in [2.24, 2.45) is 0 Å². The molecule has 12 heavy (non-hydrogen) atoms. The first kappa shape index (κ1) is 11.9. The largest absolute Gasteiger partial charge is 0.336 e. The second kappa shape index (κ2) is 4.20. The van der Waals surface area contributed by atoms with Crippen molar-refractivity contribution in [2.75, 3.05) is 6.61 Å². The average Bonchev–Trinajstić information content (AvgIpc) is 1.78. The zero-order valence-electron chi connectivity index (χ0n) is 8.05. The predicted octanol–water partition coefficient (Wildman–Crippen LogP) is 1.05.